The average molecular weight is 330 g/mol. The summed E-state index contributed by atoms with van der Waals surface area (Å²) in [6.45, 7) is 7.45. The summed E-state index contributed by atoms with van der Waals surface area (Å²) in [6, 6.07) is 4.64. The van der Waals surface area contributed by atoms with E-state index in [2.05, 4.69) is 13.8 Å². The summed E-state index contributed by atoms with van der Waals surface area (Å²) in [4.78, 5) is 14.2. The number of nitrogens with zero attached hydrogens (tertiary/aromatic N) is 1. The fourth-order valence-corrected chi connectivity index (χ4v) is 3.55. The van der Waals surface area contributed by atoms with Gasteiger partial charge in [-0.15, -0.1) is 0 Å². The fraction of sp³-hybridized carbons (Fsp3) is 0.533. The van der Waals surface area contributed by atoms with E-state index >= 15 is 0 Å². The maximum absolute atomic E-state index is 12.6. The number of aryl methyl sites for hydroxylation is 1. The highest BCUT2D eigenvalue weighted by atomic mass is 35.7. The minimum absolute atomic E-state index is 0.107. The molecule has 1 aromatic rings. The number of likely N-dealkylation sites (tertiary alicyclic amines) is 1. The van der Waals surface area contributed by atoms with Crippen LogP contribution in [0.2, 0.25) is 0 Å². The first kappa shape index (κ1) is 16.3. The van der Waals surface area contributed by atoms with Gasteiger partial charge in [-0.3, -0.25) is 4.79 Å². The maximum Gasteiger partial charge on any atom is 0.262 e. The molecular formula is C15H20ClNO3S. The highest BCUT2D eigenvalue weighted by Crippen LogP contribution is 2.31. The van der Waals surface area contributed by atoms with E-state index < -0.39 is 9.05 Å². The molecule has 0 saturated carbocycles. The second-order valence-electron chi connectivity index (χ2n) is 6.39. The molecule has 1 amide bonds. The number of carbonyl (C=O) groups excluding carboxylic acids is 1. The molecule has 116 valence electrons. The van der Waals surface area contributed by atoms with Gasteiger partial charge in [0.15, 0.2) is 0 Å². The Morgan fingerprint density at radius 3 is 2.33 bits per heavy atom. The van der Waals surface area contributed by atoms with Gasteiger partial charge >= 0.3 is 0 Å². The minimum Gasteiger partial charge on any atom is -0.339 e. The molecule has 1 saturated heterocycles. The van der Waals surface area contributed by atoms with Crippen LogP contribution in [0, 0.1) is 12.3 Å². The van der Waals surface area contributed by atoms with E-state index in [-0.39, 0.29) is 21.8 Å². The van der Waals surface area contributed by atoms with Crippen LogP contribution < -0.4 is 0 Å². The maximum atomic E-state index is 12.6. The lowest BCUT2D eigenvalue weighted by Gasteiger charge is -2.37. The SMILES string of the molecule is Cc1ccc(S(=O)(=O)Cl)c(C(=O)N2CCC(C)(C)CC2)c1. The van der Waals surface area contributed by atoms with Crippen molar-refractivity contribution in [2.45, 2.75) is 38.5 Å². The lowest BCUT2D eigenvalue weighted by atomic mass is 9.82. The molecule has 1 aliphatic rings. The Hall–Kier alpha value is -1.07. The molecular weight excluding hydrogens is 310 g/mol. The summed E-state index contributed by atoms with van der Waals surface area (Å²) in [5.41, 5.74) is 1.23. The largest absolute Gasteiger partial charge is 0.339 e. The zero-order valence-electron chi connectivity index (χ0n) is 12.5. The van der Waals surface area contributed by atoms with Crippen LogP contribution in [0.3, 0.4) is 0 Å². The van der Waals surface area contributed by atoms with Crippen molar-refractivity contribution < 1.29 is 13.2 Å². The summed E-state index contributed by atoms with van der Waals surface area (Å²) >= 11 is 0. The van der Waals surface area contributed by atoms with E-state index in [0.717, 1.165) is 18.4 Å². The Kier molecular flexibility index (Phi) is 4.36. The molecule has 6 heteroatoms. The monoisotopic (exact) mass is 329 g/mol. The van der Waals surface area contributed by atoms with Gasteiger partial charge in [0.1, 0.15) is 0 Å². The smallest absolute Gasteiger partial charge is 0.262 e. The summed E-state index contributed by atoms with van der Waals surface area (Å²) in [7, 11) is 1.51. The highest BCUT2D eigenvalue weighted by Gasteiger charge is 2.30. The lowest BCUT2D eigenvalue weighted by Crippen LogP contribution is -2.41. The molecule has 0 atom stereocenters. The number of piperidine rings is 1. The van der Waals surface area contributed by atoms with E-state index in [9.17, 15) is 13.2 Å². The van der Waals surface area contributed by atoms with Crippen LogP contribution in [0.25, 0.3) is 0 Å². The molecule has 4 nitrogen and oxygen atoms in total. The Bertz CT molecular complexity index is 657. The van der Waals surface area contributed by atoms with Crippen molar-refractivity contribution in [1.29, 1.82) is 0 Å². The molecule has 0 aliphatic carbocycles. The molecule has 1 aliphatic heterocycles. The zero-order chi connectivity index (χ0) is 15.8. The first-order valence-electron chi connectivity index (χ1n) is 6.95. The van der Waals surface area contributed by atoms with E-state index in [1.807, 2.05) is 6.92 Å². The summed E-state index contributed by atoms with van der Waals surface area (Å²) in [6.07, 6.45) is 1.82. The topological polar surface area (TPSA) is 54.5 Å². The van der Waals surface area contributed by atoms with Gasteiger partial charge in [0, 0.05) is 23.8 Å². The quantitative estimate of drug-likeness (QED) is 0.783. The third kappa shape index (κ3) is 3.77. The van der Waals surface area contributed by atoms with Crippen molar-refractivity contribution in [1.82, 2.24) is 4.90 Å². The molecule has 1 fully saturated rings. The van der Waals surface area contributed by atoms with Crippen LogP contribution in [0.1, 0.15) is 42.6 Å². The third-order valence-corrected chi connectivity index (χ3v) is 5.41. The van der Waals surface area contributed by atoms with Gasteiger partial charge in [0.25, 0.3) is 15.0 Å². The van der Waals surface area contributed by atoms with Crippen molar-refractivity contribution in [3.8, 4) is 0 Å². The number of hydrogen-bond acceptors (Lipinski definition) is 3. The van der Waals surface area contributed by atoms with Gasteiger partial charge in [0.2, 0.25) is 0 Å². The van der Waals surface area contributed by atoms with Crippen LogP contribution in [0.4, 0.5) is 0 Å². The van der Waals surface area contributed by atoms with E-state index in [1.165, 1.54) is 6.07 Å². The van der Waals surface area contributed by atoms with Crippen molar-refractivity contribution in [2.75, 3.05) is 13.1 Å². The van der Waals surface area contributed by atoms with Crippen molar-refractivity contribution >= 4 is 25.6 Å². The number of hydrogen-bond donors (Lipinski definition) is 0. The molecule has 21 heavy (non-hydrogen) atoms. The second-order valence-corrected chi connectivity index (χ2v) is 8.93. The Morgan fingerprint density at radius 1 is 1.24 bits per heavy atom. The van der Waals surface area contributed by atoms with Gasteiger partial charge in [-0.05, 0) is 37.3 Å². The van der Waals surface area contributed by atoms with Crippen molar-refractivity contribution in [3.63, 3.8) is 0 Å². The minimum atomic E-state index is -3.93. The zero-order valence-corrected chi connectivity index (χ0v) is 14.1. The fourth-order valence-electron chi connectivity index (χ4n) is 2.51. The number of amides is 1. The van der Waals surface area contributed by atoms with Gasteiger partial charge in [-0.25, -0.2) is 8.42 Å². The first-order chi connectivity index (χ1) is 9.60. The summed E-state index contributed by atoms with van der Waals surface area (Å²) in [5, 5.41) is 0. The Balaban J connectivity index is 2.34. The van der Waals surface area contributed by atoms with Crippen LogP contribution in [0.15, 0.2) is 23.1 Å². The predicted molar refractivity (Wildman–Crippen MR) is 83.1 cm³/mol. The normalized spacial score (nSPS) is 18.6. The molecule has 2 rings (SSSR count). The molecule has 1 heterocycles. The van der Waals surface area contributed by atoms with Gasteiger partial charge in [-0.1, -0.05) is 25.5 Å². The van der Waals surface area contributed by atoms with E-state index in [0.29, 0.717) is 13.1 Å². The molecule has 0 spiro atoms. The summed E-state index contributed by atoms with van der Waals surface area (Å²) < 4.78 is 23.3. The van der Waals surface area contributed by atoms with Crippen molar-refractivity contribution in [2.24, 2.45) is 5.41 Å². The van der Waals surface area contributed by atoms with Gasteiger partial charge in [-0.2, -0.15) is 0 Å². The molecule has 0 radical (unpaired) electrons. The number of benzene rings is 1. The second kappa shape index (κ2) is 5.61. The predicted octanol–water partition coefficient (Wildman–Crippen LogP) is 3.18. The van der Waals surface area contributed by atoms with E-state index in [4.69, 9.17) is 10.7 Å². The Morgan fingerprint density at radius 2 is 1.81 bits per heavy atom. The number of halogens is 1. The molecule has 0 bridgehead atoms. The molecule has 1 aromatic carbocycles. The van der Waals surface area contributed by atoms with Crippen LogP contribution >= 0.6 is 10.7 Å². The first-order valence-corrected chi connectivity index (χ1v) is 9.26. The van der Waals surface area contributed by atoms with Crippen molar-refractivity contribution in [3.05, 3.63) is 29.3 Å². The van der Waals surface area contributed by atoms with Crippen LogP contribution in [0.5, 0.6) is 0 Å². The standard InChI is InChI=1S/C15H20ClNO3S/c1-11-4-5-13(21(16,19)20)12(10-11)14(18)17-8-6-15(2,3)7-9-17/h4-5,10H,6-9H2,1-3H3. The third-order valence-electron chi connectivity index (χ3n) is 4.03. The average Bonchev–Trinajstić information content (AvgIpc) is 2.36. The molecule has 0 aromatic heterocycles. The Labute approximate surface area is 130 Å². The molecule has 0 unspecified atom stereocenters. The van der Waals surface area contributed by atoms with E-state index in [1.54, 1.807) is 17.0 Å². The lowest BCUT2D eigenvalue weighted by molar-refractivity contribution is 0.0626. The molecule has 0 N–H and O–H groups in total. The van der Waals surface area contributed by atoms with Crippen LogP contribution in [-0.4, -0.2) is 32.3 Å². The number of rotatable bonds is 2. The highest BCUT2D eigenvalue weighted by molar-refractivity contribution is 8.13. The van der Waals surface area contributed by atoms with Gasteiger partial charge in [0.05, 0.1) is 10.5 Å². The summed E-state index contributed by atoms with van der Waals surface area (Å²) in [5.74, 6) is -0.256. The number of carbonyl (C=O) groups is 1. The van der Waals surface area contributed by atoms with Crippen LogP contribution in [-0.2, 0) is 9.05 Å². The van der Waals surface area contributed by atoms with Gasteiger partial charge < -0.3 is 4.90 Å².